The van der Waals surface area contributed by atoms with Crippen LogP contribution in [0.15, 0.2) is 39.1 Å². The normalized spacial score (nSPS) is 16.5. The second-order valence-electron chi connectivity index (χ2n) is 6.64. The van der Waals surface area contributed by atoms with Gasteiger partial charge in [-0.05, 0) is 31.0 Å². The van der Waals surface area contributed by atoms with Crippen molar-refractivity contribution in [3.05, 3.63) is 51.4 Å². The van der Waals surface area contributed by atoms with E-state index in [1.54, 1.807) is 16.7 Å². The monoisotopic (exact) mass is 422 g/mol. The number of hydrogen-bond acceptors (Lipinski definition) is 6. The van der Waals surface area contributed by atoms with E-state index >= 15 is 0 Å². The molecule has 1 aromatic carbocycles. The van der Waals surface area contributed by atoms with Gasteiger partial charge in [0.25, 0.3) is 5.56 Å². The van der Waals surface area contributed by atoms with Crippen LogP contribution in [0.25, 0.3) is 0 Å². The Morgan fingerprint density at radius 3 is 2.64 bits per heavy atom. The Kier molecular flexibility index (Phi) is 5.92. The molecule has 2 heterocycles. The summed E-state index contributed by atoms with van der Waals surface area (Å²) in [4.78, 5) is 29.7. The van der Waals surface area contributed by atoms with E-state index in [0.717, 1.165) is 11.3 Å². The first-order chi connectivity index (χ1) is 13.2. The Morgan fingerprint density at radius 2 is 2.04 bits per heavy atom. The highest BCUT2D eigenvalue weighted by Crippen LogP contribution is 2.26. The summed E-state index contributed by atoms with van der Waals surface area (Å²) in [7, 11) is -3.74. The standard InChI is InChI=1S/C18H22N4O4S2/c1-3-15-11(2)21-18-22(17(15)24)9-13(10-27-18)16(23)20-8-12-4-6-14(7-5-12)28(19,25)26/h4-7,13H,3,8-10H2,1-2H3,(H,20,23)(H2,19,25,26). The number of fused-ring (bicyclic) bond motifs is 1. The first-order valence-electron chi connectivity index (χ1n) is 8.83. The van der Waals surface area contributed by atoms with Gasteiger partial charge in [-0.1, -0.05) is 30.8 Å². The van der Waals surface area contributed by atoms with E-state index < -0.39 is 10.0 Å². The third-order valence-corrected chi connectivity index (χ3v) is 6.76. The molecule has 1 atom stereocenters. The van der Waals surface area contributed by atoms with Crippen LogP contribution in [0.1, 0.15) is 23.7 Å². The van der Waals surface area contributed by atoms with E-state index in [0.29, 0.717) is 29.4 Å². The number of carbonyl (C=O) groups is 1. The number of hydrogen-bond donors (Lipinski definition) is 2. The number of thioether (sulfide) groups is 1. The predicted molar refractivity (Wildman–Crippen MR) is 106 cm³/mol. The average molecular weight is 423 g/mol. The van der Waals surface area contributed by atoms with E-state index in [1.807, 2.05) is 13.8 Å². The number of sulfonamides is 1. The highest BCUT2D eigenvalue weighted by atomic mass is 32.2. The largest absolute Gasteiger partial charge is 0.352 e. The molecule has 3 rings (SSSR count). The zero-order valence-electron chi connectivity index (χ0n) is 15.6. The quantitative estimate of drug-likeness (QED) is 0.687. The van der Waals surface area contributed by atoms with Crippen molar-refractivity contribution in [2.75, 3.05) is 5.75 Å². The molecular formula is C18H22N4O4S2. The number of aromatic nitrogens is 2. The summed E-state index contributed by atoms with van der Waals surface area (Å²) in [5, 5.41) is 8.58. The minimum atomic E-state index is -3.74. The Bertz CT molecular complexity index is 1060. The summed E-state index contributed by atoms with van der Waals surface area (Å²) < 4.78 is 24.2. The molecule has 0 fully saturated rings. The maximum atomic E-state index is 12.6. The number of aryl methyl sites for hydroxylation is 1. The van der Waals surface area contributed by atoms with E-state index in [4.69, 9.17) is 5.14 Å². The van der Waals surface area contributed by atoms with Gasteiger partial charge in [0.2, 0.25) is 15.9 Å². The van der Waals surface area contributed by atoms with Gasteiger partial charge < -0.3 is 5.32 Å². The number of primary sulfonamides is 1. The molecule has 0 saturated carbocycles. The molecule has 1 unspecified atom stereocenters. The van der Waals surface area contributed by atoms with Crippen molar-refractivity contribution in [3.8, 4) is 0 Å². The number of rotatable bonds is 5. The molecule has 1 amide bonds. The lowest BCUT2D eigenvalue weighted by molar-refractivity contribution is -0.125. The molecule has 8 nitrogen and oxygen atoms in total. The molecule has 2 aromatic rings. The lowest BCUT2D eigenvalue weighted by atomic mass is 10.1. The van der Waals surface area contributed by atoms with Gasteiger partial charge in [-0.2, -0.15) is 0 Å². The van der Waals surface area contributed by atoms with Crippen molar-refractivity contribution in [2.45, 2.75) is 43.4 Å². The highest BCUT2D eigenvalue weighted by Gasteiger charge is 2.27. The van der Waals surface area contributed by atoms with Gasteiger partial charge in [0.05, 0.1) is 10.8 Å². The van der Waals surface area contributed by atoms with Gasteiger partial charge in [0, 0.05) is 30.1 Å². The van der Waals surface area contributed by atoms with Crippen molar-refractivity contribution in [1.29, 1.82) is 0 Å². The van der Waals surface area contributed by atoms with Gasteiger partial charge in [0.1, 0.15) is 0 Å². The lowest BCUT2D eigenvalue weighted by Gasteiger charge is -2.25. The number of nitrogens with one attached hydrogen (secondary N) is 1. The zero-order chi connectivity index (χ0) is 20.5. The Hall–Kier alpha value is -2.17. The summed E-state index contributed by atoms with van der Waals surface area (Å²) in [6.07, 6.45) is 0.605. The van der Waals surface area contributed by atoms with Gasteiger partial charge in [-0.15, -0.1) is 0 Å². The smallest absolute Gasteiger partial charge is 0.257 e. The molecule has 3 N–H and O–H groups in total. The summed E-state index contributed by atoms with van der Waals surface area (Å²) >= 11 is 1.41. The van der Waals surface area contributed by atoms with Crippen LogP contribution in [0.5, 0.6) is 0 Å². The predicted octanol–water partition coefficient (Wildman–Crippen LogP) is 0.800. The van der Waals surface area contributed by atoms with Gasteiger partial charge >= 0.3 is 0 Å². The third-order valence-electron chi connectivity index (χ3n) is 4.69. The maximum Gasteiger partial charge on any atom is 0.257 e. The van der Waals surface area contributed by atoms with E-state index in [1.165, 1.54) is 23.9 Å². The fourth-order valence-corrected chi connectivity index (χ4v) is 4.73. The van der Waals surface area contributed by atoms with Gasteiger partial charge in [-0.25, -0.2) is 18.5 Å². The molecule has 10 heteroatoms. The maximum absolute atomic E-state index is 12.6. The molecule has 0 saturated heterocycles. The van der Waals surface area contributed by atoms with Gasteiger partial charge in [0.15, 0.2) is 5.16 Å². The third kappa shape index (κ3) is 4.29. The number of amides is 1. The zero-order valence-corrected chi connectivity index (χ0v) is 17.3. The van der Waals surface area contributed by atoms with Crippen LogP contribution >= 0.6 is 11.8 Å². The number of nitrogens with two attached hydrogens (primary N) is 1. The van der Waals surface area contributed by atoms with Crippen molar-refractivity contribution in [3.63, 3.8) is 0 Å². The summed E-state index contributed by atoms with van der Waals surface area (Å²) in [6, 6.07) is 6.03. The minimum Gasteiger partial charge on any atom is -0.352 e. The van der Waals surface area contributed by atoms with Crippen LogP contribution in [0.3, 0.4) is 0 Å². The van der Waals surface area contributed by atoms with Crippen LogP contribution in [0.2, 0.25) is 0 Å². The molecule has 1 aromatic heterocycles. The Labute approximate surface area is 167 Å². The van der Waals surface area contributed by atoms with Crippen LogP contribution in [-0.4, -0.2) is 29.6 Å². The van der Waals surface area contributed by atoms with Gasteiger partial charge in [-0.3, -0.25) is 14.2 Å². The molecule has 150 valence electrons. The topological polar surface area (TPSA) is 124 Å². The number of carbonyl (C=O) groups excluding carboxylic acids is 1. The second-order valence-corrected chi connectivity index (χ2v) is 9.19. The molecule has 28 heavy (non-hydrogen) atoms. The first kappa shape index (κ1) is 20.6. The second kappa shape index (κ2) is 8.06. The highest BCUT2D eigenvalue weighted by molar-refractivity contribution is 7.99. The van der Waals surface area contributed by atoms with Crippen LogP contribution < -0.4 is 16.0 Å². The lowest BCUT2D eigenvalue weighted by Crippen LogP contribution is -2.40. The summed E-state index contributed by atoms with van der Waals surface area (Å²) in [5.41, 5.74) is 2.11. The molecule has 0 spiro atoms. The average Bonchev–Trinajstić information content (AvgIpc) is 2.66. The number of nitrogens with zero attached hydrogens (tertiary/aromatic N) is 2. The molecule has 0 bridgehead atoms. The fourth-order valence-electron chi connectivity index (χ4n) is 3.09. The van der Waals surface area contributed by atoms with E-state index in [2.05, 4.69) is 10.3 Å². The van der Waals surface area contributed by atoms with E-state index in [-0.39, 0.29) is 28.8 Å². The molecule has 1 aliphatic heterocycles. The van der Waals surface area contributed by atoms with Crippen LogP contribution in [-0.2, 0) is 34.3 Å². The Morgan fingerprint density at radius 1 is 1.36 bits per heavy atom. The van der Waals surface area contributed by atoms with Crippen LogP contribution in [0.4, 0.5) is 0 Å². The molecule has 1 aliphatic rings. The Balaban J connectivity index is 1.67. The van der Waals surface area contributed by atoms with Crippen molar-refractivity contribution in [2.24, 2.45) is 11.1 Å². The fraction of sp³-hybridized carbons (Fsp3) is 0.389. The molecular weight excluding hydrogens is 400 g/mol. The van der Waals surface area contributed by atoms with Crippen molar-refractivity contribution in [1.82, 2.24) is 14.9 Å². The SMILES string of the molecule is CCc1c(C)nc2n(c1=O)CC(C(=O)NCc1ccc(S(N)(=O)=O)cc1)CS2. The molecule has 0 radical (unpaired) electrons. The minimum absolute atomic E-state index is 0.0248. The number of benzene rings is 1. The van der Waals surface area contributed by atoms with E-state index in [9.17, 15) is 18.0 Å². The summed E-state index contributed by atoms with van der Waals surface area (Å²) in [6.45, 7) is 4.32. The summed E-state index contributed by atoms with van der Waals surface area (Å²) in [5.74, 6) is 0.0559. The molecule has 0 aliphatic carbocycles. The van der Waals surface area contributed by atoms with Crippen LogP contribution in [0, 0.1) is 12.8 Å². The first-order valence-corrected chi connectivity index (χ1v) is 11.4. The van der Waals surface area contributed by atoms with Crippen molar-refractivity contribution < 1.29 is 13.2 Å². The van der Waals surface area contributed by atoms with Crippen molar-refractivity contribution >= 4 is 27.7 Å².